The summed E-state index contributed by atoms with van der Waals surface area (Å²) in [6.45, 7) is 2.18. The minimum Gasteiger partial charge on any atom is -0.371 e. The number of nitrogens with zero attached hydrogens (tertiary/aromatic N) is 1. The highest BCUT2D eigenvalue weighted by Crippen LogP contribution is 2.32. The van der Waals surface area contributed by atoms with Crippen molar-refractivity contribution < 1.29 is 4.39 Å². The Hall–Kier alpha value is -1.09. The van der Waals surface area contributed by atoms with Crippen molar-refractivity contribution in [3.05, 3.63) is 29.6 Å². The Balaban J connectivity index is 2.14. The van der Waals surface area contributed by atoms with E-state index in [4.69, 9.17) is 0 Å². The number of fused-ring (bicyclic) bond motifs is 1. The van der Waals surface area contributed by atoms with Gasteiger partial charge in [-0.05, 0) is 50.6 Å². The lowest BCUT2D eigenvalue weighted by Crippen LogP contribution is -2.35. The second kappa shape index (κ2) is 4.42. The summed E-state index contributed by atoms with van der Waals surface area (Å²) in [4.78, 5) is 2.27. The number of rotatable bonds is 3. The zero-order valence-corrected chi connectivity index (χ0v) is 10.1. The molecule has 1 N–H and O–H groups in total. The first-order valence-corrected chi connectivity index (χ1v) is 5.80. The summed E-state index contributed by atoms with van der Waals surface area (Å²) in [5.41, 5.74) is 2.31. The monoisotopic (exact) mass is 222 g/mol. The van der Waals surface area contributed by atoms with Gasteiger partial charge in [0.2, 0.25) is 0 Å². The Morgan fingerprint density at radius 2 is 2.31 bits per heavy atom. The van der Waals surface area contributed by atoms with Crippen LogP contribution in [0.4, 0.5) is 10.1 Å². The lowest BCUT2D eigenvalue weighted by molar-refractivity contribution is 0.490. The van der Waals surface area contributed by atoms with Crippen LogP contribution in [0, 0.1) is 5.82 Å². The van der Waals surface area contributed by atoms with E-state index in [-0.39, 0.29) is 5.82 Å². The molecule has 3 heteroatoms. The van der Waals surface area contributed by atoms with Crippen LogP contribution in [0.3, 0.4) is 0 Å². The fourth-order valence-corrected chi connectivity index (χ4v) is 2.42. The molecule has 0 aromatic heterocycles. The third-order valence-corrected chi connectivity index (χ3v) is 3.54. The van der Waals surface area contributed by atoms with Gasteiger partial charge < -0.3 is 10.2 Å². The maximum atomic E-state index is 13.1. The van der Waals surface area contributed by atoms with E-state index in [1.807, 2.05) is 13.1 Å². The van der Waals surface area contributed by atoms with Crippen molar-refractivity contribution in [3.8, 4) is 0 Å². The zero-order valence-electron chi connectivity index (χ0n) is 10.1. The molecule has 88 valence electrons. The third-order valence-electron chi connectivity index (χ3n) is 3.54. The van der Waals surface area contributed by atoms with Crippen LogP contribution in [-0.2, 0) is 6.42 Å². The average Bonchev–Trinajstić information content (AvgIpc) is 2.55. The summed E-state index contributed by atoms with van der Waals surface area (Å²) in [6.07, 6.45) is 2.04. The van der Waals surface area contributed by atoms with Gasteiger partial charge in [-0.3, -0.25) is 0 Å². The predicted octanol–water partition coefficient (Wildman–Crippen LogP) is 2.18. The molecular weight excluding hydrogens is 203 g/mol. The molecule has 16 heavy (non-hydrogen) atoms. The Bertz CT molecular complexity index is 378. The van der Waals surface area contributed by atoms with Crippen molar-refractivity contribution in [2.45, 2.75) is 31.8 Å². The molecule has 0 aliphatic carbocycles. The van der Waals surface area contributed by atoms with Crippen molar-refractivity contribution in [2.24, 2.45) is 0 Å². The molecule has 0 bridgehead atoms. The average molecular weight is 222 g/mol. The number of likely N-dealkylation sites (N-methyl/N-ethyl adjacent to an activating group) is 1. The van der Waals surface area contributed by atoms with Crippen molar-refractivity contribution in [2.75, 3.05) is 19.0 Å². The SMILES string of the molecule is CNC(C)CC1Cc2cc(F)ccc2N1C. The summed E-state index contributed by atoms with van der Waals surface area (Å²) in [5, 5.41) is 3.25. The molecule has 0 saturated heterocycles. The molecule has 2 atom stereocenters. The summed E-state index contributed by atoms with van der Waals surface area (Å²) >= 11 is 0. The van der Waals surface area contributed by atoms with Crippen molar-refractivity contribution in [3.63, 3.8) is 0 Å². The number of hydrogen-bond acceptors (Lipinski definition) is 2. The lowest BCUT2D eigenvalue weighted by atomic mass is 10.0. The van der Waals surface area contributed by atoms with Crippen LogP contribution < -0.4 is 10.2 Å². The van der Waals surface area contributed by atoms with Crippen molar-refractivity contribution in [1.82, 2.24) is 5.32 Å². The molecule has 0 fully saturated rings. The maximum Gasteiger partial charge on any atom is 0.123 e. The molecule has 1 heterocycles. The standard InChI is InChI=1S/C13H19FN2/c1-9(15-2)6-12-8-10-7-11(14)4-5-13(10)16(12)3/h4-5,7,9,12,15H,6,8H2,1-3H3. The molecular formula is C13H19FN2. The van der Waals surface area contributed by atoms with E-state index in [0.717, 1.165) is 18.4 Å². The summed E-state index contributed by atoms with van der Waals surface area (Å²) in [6, 6.07) is 6.06. The zero-order chi connectivity index (χ0) is 11.7. The highest BCUT2D eigenvalue weighted by Gasteiger charge is 2.27. The second-order valence-corrected chi connectivity index (χ2v) is 4.67. The molecule has 0 saturated carbocycles. The lowest BCUT2D eigenvalue weighted by Gasteiger charge is -2.25. The number of hydrogen-bond donors (Lipinski definition) is 1. The molecule has 0 amide bonds. The van der Waals surface area contributed by atoms with Gasteiger partial charge in [0.1, 0.15) is 5.82 Å². The Kier molecular flexibility index (Phi) is 3.15. The first kappa shape index (κ1) is 11.4. The van der Waals surface area contributed by atoms with E-state index < -0.39 is 0 Å². The Labute approximate surface area is 96.5 Å². The van der Waals surface area contributed by atoms with E-state index >= 15 is 0 Å². The van der Waals surface area contributed by atoms with Crippen molar-refractivity contribution >= 4 is 5.69 Å². The van der Waals surface area contributed by atoms with Crippen molar-refractivity contribution in [1.29, 1.82) is 0 Å². The Morgan fingerprint density at radius 3 is 3.00 bits per heavy atom. The molecule has 2 unspecified atom stereocenters. The van der Waals surface area contributed by atoms with E-state index in [2.05, 4.69) is 24.2 Å². The van der Waals surface area contributed by atoms with Crippen LogP contribution in [0.5, 0.6) is 0 Å². The number of nitrogens with one attached hydrogen (secondary N) is 1. The third kappa shape index (κ3) is 2.05. The van der Waals surface area contributed by atoms with Gasteiger partial charge in [0.25, 0.3) is 0 Å². The smallest absolute Gasteiger partial charge is 0.123 e. The number of anilines is 1. The topological polar surface area (TPSA) is 15.3 Å². The van der Waals surface area contributed by atoms with Gasteiger partial charge in [-0.1, -0.05) is 0 Å². The molecule has 1 aliphatic rings. The summed E-state index contributed by atoms with van der Waals surface area (Å²) in [7, 11) is 4.07. The van der Waals surface area contributed by atoms with Gasteiger partial charge in [-0.15, -0.1) is 0 Å². The minimum absolute atomic E-state index is 0.130. The minimum atomic E-state index is -0.130. The van der Waals surface area contributed by atoms with Gasteiger partial charge >= 0.3 is 0 Å². The summed E-state index contributed by atoms with van der Waals surface area (Å²) in [5.74, 6) is -0.130. The van der Waals surface area contributed by atoms with E-state index in [1.165, 1.54) is 5.69 Å². The fraction of sp³-hybridized carbons (Fsp3) is 0.538. The molecule has 1 aliphatic heterocycles. The fourth-order valence-electron chi connectivity index (χ4n) is 2.42. The van der Waals surface area contributed by atoms with Gasteiger partial charge in [-0.2, -0.15) is 0 Å². The van der Waals surface area contributed by atoms with Crippen LogP contribution in [0.25, 0.3) is 0 Å². The van der Waals surface area contributed by atoms with E-state index in [0.29, 0.717) is 12.1 Å². The van der Waals surface area contributed by atoms with Gasteiger partial charge in [0, 0.05) is 24.8 Å². The molecule has 2 nitrogen and oxygen atoms in total. The van der Waals surface area contributed by atoms with Gasteiger partial charge in [-0.25, -0.2) is 4.39 Å². The van der Waals surface area contributed by atoms with E-state index in [1.54, 1.807) is 12.1 Å². The summed E-state index contributed by atoms with van der Waals surface area (Å²) < 4.78 is 13.1. The van der Waals surface area contributed by atoms with Crippen LogP contribution in [0.15, 0.2) is 18.2 Å². The first-order chi connectivity index (χ1) is 7.61. The highest BCUT2D eigenvalue weighted by atomic mass is 19.1. The molecule has 0 spiro atoms. The first-order valence-electron chi connectivity index (χ1n) is 5.80. The second-order valence-electron chi connectivity index (χ2n) is 4.67. The molecule has 0 radical (unpaired) electrons. The van der Waals surface area contributed by atoms with Crippen LogP contribution in [-0.4, -0.2) is 26.2 Å². The van der Waals surface area contributed by atoms with Gasteiger partial charge in [0.05, 0.1) is 0 Å². The van der Waals surface area contributed by atoms with E-state index in [9.17, 15) is 4.39 Å². The largest absolute Gasteiger partial charge is 0.371 e. The quantitative estimate of drug-likeness (QED) is 0.843. The predicted molar refractivity (Wildman–Crippen MR) is 65.4 cm³/mol. The normalized spacial score (nSPS) is 21.0. The van der Waals surface area contributed by atoms with Crippen LogP contribution in [0.1, 0.15) is 18.9 Å². The number of benzene rings is 1. The highest BCUT2D eigenvalue weighted by molar-refractivity contribution is 5.58. The Morgan fingerprint density at radius 1 is 1.56 bits per heavy atom. The molecule has 1 aromatic carbocycles. The molecule has 2 rings (SSSR count). The number of halogens is 1. The van der Waals surface area contributed by atoms with Crippen LogP contribution in [0.2, 0.25) is 0 Å². The van der Waals surface area contributed by atoms with Crippen LogP contribution >= 0.6 is 0 Å². The maximum absolute atomic E-state index is 13.1. The molecule has 1 aromatic rings. The van der Waals surface area contributed by atoms with Gasteiger partial charge in [0.15, 0.2) is 0 Å².